The highest BCUT2D eigenvalue weighted by molar-refractivity contribution is 7.09. The molecule has 0 aliphatic rings. The Labute approximate surface area is 110 Å². The van der Waals surface area contributed by atoms with Crippen LogP contribution < -0.4 is 5.32 Å². The Morgan fingerprint density at radius 1 is 1.28 bits per heavy atom. The second-order valence-corrected chi connectivity index (χ2v) is 4.90. The smallest absolute Gasteiger partial charge is 0.107 e. The highest BCUT2D eigenvalue weighted by Crippen LogP contribution is 2.21. The monoisotopic (exact) mass is 264 g/mol. The topological polar surface area (TPSA) is 65.4 Å². The molecule has 0 radical (unpaired) electrons. The molecule has 2 aromatic rings. The molecule has 0 bridgehead atoms. The molecule has 4 nitrogen and oxygen atoms in total. The lowest BCUT2D eigenvalue weighted by molar-refractivity contribution is 0.0942. The Morgan fingerprint density at radius 2 is 2.06 bits per heavy atom. The molecule has 0 saturated carbocycles. The molecule has 0 aliphatic heterocycles. The molecule has 1 heterocycles. The van der Waals surface area contributed by atoms with Crippen LogP contribution in [0.1, 0.15) is 5.01 Å². The van der Waals surface area contributed by atoms with E-state index < -0.39 is 6.10 Å². The van der Waals surface area contributed by atoms with Crippen molar-refractivity contribution in [3.05, 3.63) is 40.7 Å². The average molecular weight is 264 g/mol. The molecule has 1 aromatic heterocycles. The summed E-state index contributed by atoms with van der Waals surface area (Å²) >= 11 is 1.59. The molecule has 0 fully saturated rings. The first-order valence-corrected chi connectivity index (χ1v) is 6.67. The van der Waals surface area contributed by atoms with Crippen molar-refractivity contribution in [3.8, 4) is 11.3 Å². The van der Waals surface area contributed by atoms with Crippen LogP contribution in [0, 0.1) is 0 Å². The Balaban J connectivity index is 1.91. The SMILES string of the molecule is OCC(O)CNCc1nc(-c2ccccc2)cs1. The standard InChI is InChI=1S/C13H16N2O2S/c16-8-11(17)6-14-7-13-15-12(9-18-13)10-4-2-1-3-5-10/h1-5,9,11,14,16-17H,6-8H2. The van der Waals surface area contributed by atoms with Crippen LogP contribution in [-0.4, -0.2) is 34.5 Å². The number of benzene rings is 1. The molecule has 0 aliphatic carbocycles. The van der Waals surface area contributed by atoms with Crippen LogP contribution in [0.5, 0.6) is 0 Å². The van der Waals surface area contributed by atoms with Gasteiger partial charge in [0, 0.05) is 24.0 Å². The van der Waals surface area contributed by atoms with Gasteiger partial charge in [-0.3, -0.25) is 0 Å². The Morgan fingerprint density at radius 3 is 2.78 bits per heavy atom. The molecule has 96 valence electrons. The number of nitrogens with zero attached hydrogens (tertiary/aromatic N) is 1. The Kier molecular flexibility index (Phi) is 4.83. The summed E-state index contributed by atoms with van der Waals surface area (Å²) in [6, 6.07) is 10.0. The third kappa shape index (κ3) is 3.61. The highest BCUT2D eigenvalue weighted by Gasteiger charge is 2.05. The van der Waals surface area contributed by atoms with Crippen molar-refractivity contribution in [3.63, 3.8) is 0 Å². The summed E-state index contributed by atoms with van der Waals surface area (Å²) < 4.78 is 0. The predicted octanol–water partition coefficient (Wildman–Crippen LogP) is 1.25. The largest absolute Gasteiger partial charge is 0.394 e. The van der Waals surface area contributed by atoms with Crippen molar-refractivity contribution < 1.29 is 10.2 Å². The minimum atomic E-state index is -0.710. The van der Waals surface area contributed by atoms with Gasteiger partial charge in [-0.25, -0.2) is 4.98 Å². The molecule has 18 heavy (non-hydrogen) atoms. The van der Waals surface area contributed by atoms with E-state index in [1.165, 1.54) is 0 Å². The zero-order chi connectivity index (χ0) is 12.8. The summed E-state index contributed by atoms with van der Waals surface area (Å²) in [6.07, 6.45) is -0.710. The van der Waals surface area contributed by atoms with Gasteiger partial charge in [0.2, 0.25) is 0 Å². The van der Waals surface area contributed by atoms with E-state index in [1.807, 2.05) is 35.7 Å². The van der Waals surface area contributed by atoms with E-state index in [2.05, 4.69) is 10.3 Å². The number of aliphatic hydroxyl groups is 2. The van der Waals surface area contributed by atoms with Gasteiger partial charge in [0.1, 0.15) is 5.01 Å². The average Bonchev–Trinajstić information content (AvgIpc) is 2.88. The second kappa shape index (κ2) is 6.61. The molecule has 1 atom stereocenters. The zero-order valence-electron chi connectivity index (χ0n) is 9.91. The summed E-state index contributed by atoms with van der Waals surface area (Å²) in [7, 11) is 0. The number of thiazole rings is 1. The fourth-order valence-electron chi connectivity index (χ4n) is 1.54. The summed E-state index contributed by atoms with van der Waals surface area (Å²) in [5.74, 6) is 0. The lowest BCUT2D eigenvalue weighted by atomic mass is 10.2. The van der Waals surface area contributed by atoms with Gasteiger partial charge in [-0.1, -0.05) is 30.3 Å². The molecule has 1 unspecified atom stereocenters. The maximum atomic E-state index is 9.19. The first kappa shape index (κ1) is 13.2. The summed E-state index contributed by atoms with van der Waals surface area (Å²) in [5, 5.41) is 23.9. The quantitative estimate of drug-likeness (QED) is 0.735. The van der Waals surface area contributed by atoms with E-state index in [-0.39, 0.29) is 6.61 Å². The van der Waals surface area contributed by atoms with Crippen molar-refractivity contribution in [2.45, 2.75) is 12.6 Å². The number of aromatic nitrogens is 1. The van der Waals surface area contributed by atoms with Crippen LogP contribution in [0.3, 0.4) is 0 Å². The first-order chi connectivity index (χ1) is 8.79. The van der Waals surface area contributed by atoms with Gasteiger partial charge in [-0.05, 0) is 0 Å². The van der Waals surface area contributed by atoms with Crippen LogP contribution >= 0.6 is 11.3 Å². The van der Waals surface area contributed by atoms with Gasteiger partial charge in [0.25, 0.3) is 0 Å². The van der Waals surface area contributed by atoms with E-state index in [9.17, 15) is 5.11 Å². The van der Waals surface area contributed by atoms with E-state index in [0.717, 1.165) is 16.3 Å². The lowest BCUT2D eigenvalue weighted by Crippen LogP contribution is -2.28. The fraction of sp³-hybridized carbons (Fsp3) is 0.308. The normalized spacial score (nSPS) is 12.6. The number of rotatable bonds is 6. The Bertz CT molecular complexity index is 473. The van der Waals surface area contributed by atoms with Crippen molar-refractivity contribution in [1.29, 1.82) is 0 Å². The number of nitrogens with one attached hydrogen (secondary N) is 1. The van der Waals surface area contributed by atoms with Crippen molar-refractivity contribution in [1.82, 2.24) is 10.3 Å². The number of aliphatic hydroxyl groups excluding tert-OH is 2. The summed E-state index contributed by atoms with van der Waals surface area (Å²) in [5.41, 5.74) is 2.08. The van der Waals surface area contributed by atoms with Crippen molar-refractivity contribution in [2.75, 3.05) is 13.2 Å². The number of hydrogen-bond acceptors (Lipinski definition) is 5. The molecular weight excluding hydrogens is 248 g/mol. The van der Waals surface area contributed by atoms with E-state index in [4.69, 9.17) is 5.11 Å². The molecule has 1 aromatic carbocycles. The van der Waals surface area contributed by atoms with Gasteiger partial charge in [-0.15, -0.1) is 11.3 Å². The van der Waals surface area contributed by atoms with Gasteiger partial charge < -0.3 is 15.5 Å². The third-order valence-corrected chi connectivity index (χ3v) is 3.34. The minimum Gasteiger partial charge on any atom is -0.394 e. The van der Waals surface area contributed by atoms with Gasteiger partial charge in [0.15, 0.2) is 0 Å². The molecule has 0 spiro atoms. The van der Waals surface area contributed by atoms with Crippen LogP contribution in [0.15, 0.2) is 35.7 Å². The molecule has 5 heteroatoms. The van der Waals surface area contributed by atoms with Crippen molar-refractivity contribution in [2.24, 2.45) is 0 Å². The van der Waals surface area contributed by atoms with Crippen LogP contribution in [-0.2, 0) is 6.54 Å². The van der Waals surface area contributed by atoms with E-state index in [0.29, 0.717) is 13.1 Å². The van der Waals surface area contributed by atoms with Crippen LogP contribution in [0.25, 0.3) is 11.3 Å². The lowest BCUT2D eigenvalue weighted by Gasteiger charge is -2.06. The zero-order valence-corrected chi connectivity index (χ0v) is 10.7. The maximum Gasteiger partial charge on any atom is 0.107 e. The van der Waals surface area contributed by atoms with Crippen LogP contribution in [0.4, 0.5) is 0 Å². The van der Waals surface area contributed by atoms with Crippen molar-refractivity contribution >= 4 is 11.3 Å². The third-order valence-electron chi connectivity index (χ3n) is 2.49. The maximum absolute atomic E-state index is 9.19. The highest BCUT2D eigenvalue weighted by atomic mass is 32.1. The van der Waals surface area contributed by atoms with Gasteiger partial charge in [-0.2, -0.15) is 0 Å². The first-order valence-electron chi connectivity index (χ1n) is 5.79. The van der Waals surface area contributed by atoms with Gasteiger partial charge in [0.05, 0.1) is 18.4 Å². The molecule has 3 N–H and O–H groups in total. The molecular formula is C13H16N2O2S. The molecule has 0 amide bonds. The molecule has 2 rings (SSSR count). The molecule has 0 saturated heterocycles. The van der Waals surface area contributed by atoms with E-state index in [1.54, 1.807) is 11.3 Å². The summed E-state index contributed by atoms with van der Waals surface area (Å²) in [6.45, 7) is 0.755. The predicted molar refractivity (Wildman–Crippen MR) is 72.3 cm³/mol. The number of hydrogen-bond donors (Lipinski definition) is 3. The second-order valence-electron chi connectivity index (χ2n) is 3.96. The summed E-state index contributed by atoms with van der Waals surface area (Å²) in [4.78, 5) is 4.52. The minimum absolute atomic E-state index is 0.222. The Hall–Kier alpha value is -1.27. The van der Waals surface area contributed by atoms with Crippen LogP contribution in [0.2, 0.25) is 0 Å². The fourth-order valence-corrected chi connectivity index (χ4v) is 2.32. The van der Waals surface area contributed by atoms with E-state index >= 15 is 0 Å². The van der Waals surface area contributed by atoms with Gasteiger partial charge >= 0.3 is 0 Å².